The topological polar surface area (TPSA) is 81.2 Å². The second kappa shape index (κ2) is 8.71. The summed E-state index contributed by atoms with van der Waals surface area (Å²) in [6.45, 7) is 3.58. The maximum Gasteiger partial charge on any atom is 0.228 e. The first-order chi connectivity index (χ1) is 14.5. The second-order valence-corrected chi connectivity index (χ2v) is 7.55. The molecule has 2 aromatic heterocycles. The van der Waals surface area contributed by atoms with Crippen LogP contribution in [0.2, 0.25) is 5.02 Å². The fourth-order valence-electron chi connectivity index (χ4n) is 3.44. The van der Waals surface area contributed by atoms with Crippen molar-refractivity contribution >= 4 is 34.2 Å². The Labute approximate surface area is 179 Å². The largest absolute Gasteiger partial charge is 0.441 e. The molecule has 6 nitrogen and oxygen atoms in total. The van der Waals surface area contributed by atoms with Gasteiger partial charge in [-0.1, -0.05) is 35.8 Å². The van der Waals surface area contributed by atoms with E-state index in [1.807, 2.05) is 36.4 Å². The molecule has 0 bridgehead atoms. The Balaban J connectivity index is 1.57. The number of carbonyl (C=O) groups excluding carboxylic acids is 1. The van der Waals surface area contributed by atoms with Gasteiger partial charge in [0.1, 0.15) is 5.76 Å². The Morgan fingerprint density at radius 3 is 2.67 bits per heavy atom. The van der Waals surface area contributed by atoms with Crippen molar-refractivity contribution in [2.75, 3.05) is 5.32 Å². The molecule has 0 fully saturated rings. The van der Waals surface area contributed by atoms with Gasteiger partial charge in [0.2, 0.25) is 11.8 Å². The van der Waals surface area contributed by atoms with Crippen LogP contribution >= 0.6 is 11.6 Å². The first-order valence-electron chi connectivity index (χ1n) is 9.94. The number of hydrogen-bond acceptors (Lipinski definition) is 5. The molecule has 154 valence electrons. The van der Waals surface area contributed by atoms with Gasteiger partial charge in [-0.25, -0.2) is 4.98 Å². The van der Waals surface area contributed by atoms with Crippen LogP contribution < -0.4 is 5.32 Å². The van der Waals surface area contributed by atoms with E-state index >= 15 is 0 Å². The molecule has 0 aliphatic rings. The van der Waals surface area contributed by atoms with Gasteiger partial charge in [0.05, 0.1) is 22.0 Å². The van der Waals surface area contributed by atoms with Gasteiger partial charge in [-0.05, 0) is 43.5 Å². The Morgan fingerprint density at radius 1 is 1.10 bits per heavy atom. The van der Waals surface area contributed by atoms with Crippen LogP contribution in [0.3, 0.4) is 0 Å². The lowest BCUT2D eigenvalue weighted by molar-refractivity contribution is -0.114. The first-order valence-corrected chi connectivity index (χ1v) is 10.3. The molecule has 7 heteroatoms. The molecule has 0 radical (unpaired) electrons. The normalized spacial score (nSPS) is 11.2. The Morgan fingerprint density at radius 2 is 1.90 bits per heavy atom. The van der Waals surface area contributed by atoms with E-state index in [1.165, 1.54) is 6.92 Å². The van der Waals surface area contributed by atoms with Crippen LogP contribution in [0.25, 0.3) is 22.4 Å². The highest BCUT2D eigenvalue weighted by Crippen LogP contribution is 2.30. The Bertz CT molecular complexity index is 1200. The minimum atomic E-state index is -0.127. The van der Waals surface area contributed by atoms with Crippen LogP contribution in [-0.2, 0) is 24.1 Å². The molecule has 0 aliphatic carbocycles. The van der Waals surface area contributed by atoms with Crippen molar-refractivity contribution in [1.82, 2.24) is 10.1 Å². The molecule has 30 heavy (non-hydrogen) atoms. The molecule has 4 aromatic rings. The van der Waals surface area contributed by atoms with Crippen molar-refractivity contribution in [1.29, 1.82) is 0 Å². The van der Waals surface area contributed by atoms with Gasteiger partial charge in [0, 0.05) is 30.5 Å². The molecule has 2 heterocycles. The van der Waals surface area contributed by atoms with E-state index in [0.717, 1.165) is 40.9 Å². The molecular weight excluding hydrogens is 402 g/mol. The van der Waals surface area contributed by atoms with Gasteiger partial charge in [-0.2, -0.15) is 0 Å². The lowest BCUT2D eigenvalue weighted by Crippen LogP contribution is -2.05. The standard InChI is InChI=1S/C23H22ClN3O3/c1-3-6-21-20(26-23(29-21)16-7-4-5-8-18(16)24)12-11-19-17-10-9-15(25-14(2)28)13-22(17)30-27-19/h4-5,7-10,13H,3,6,11-12H2,1-2H3,(H,25,28). The van der Waals surface area contributed by atoms with E-state index in [-0.39, 0.29) is 5.91 Å². The van der Waals surface area contributed by atoms with Crippen molar-refractivity contribution in [3.05, 3.63) is 64.6 Å². The summed E-state index contributed by atoms with van der Waals surface area (Å²) in [7, 11) is 0. The highest BCUT2D eigenvalue weighted by atomic mass is 35.5. The second-order valence-electron chi connectivity index (χ2n) is 7.14. The van der Waals surface area contributed by atoms with Gasteiger partial charge in [-0.3, -0.25) is 4.79 Å². The van der Waals surface area contributed by atoms with E-state index in [2.05, 4.69) is 17.4 Å². The van der Waals surface area contributed by atoms with Gasteiger partial charge in [-0.15, -0.1) is 0 Å². The lowest BCUT2D eigenvalue weighted by atomic mass is 10.1. The summed E-state index contributed by atoms with van der Waals surface area (Å²) in [6, 6.07) is 13.1. The summed E-state index contributed by atoms with van der Waals surface area (Å²) in [5.74, 6) is 1.30. The highest BCUT2D eigenvalue weighted by Gasteiger charge is 2.17. The molecule has 0 saturated heterocycles. The van der Waals surface area contributed by atoms with Gasteiger partial charge in [0.15, 0.2) is 5.58 Å². The number of aryl methyl sites for hydroxylation is 3. The molecule has 0 aliphatic heterocycles. The number of rotatable bonds is 7. The highest BCUT2D eigenvalue weighted by molar-refractivity contribution is 6.33. The van der Waals surface area contributed by atoms with Crippen LogP contribution in [0.4, 0.5) is 5.69 Å². The number of carbonyl (C=O) groups is 1. The van der Waals surface area contributed by atoms with E-state index in [1.54, 1.807) is 6.07 Å². The number of aromatic nitrogens is 2. The zero-order valence-electron chi connectivity index (χ0n) is 16.9. The molecule has 1 N–H and O–H groups in total. The Kier molecular flexibility index (Phi) is 5.86. The monoisotopic (exact) mass is 423 g/mol. The molecule has 4 rings (SSSR count). The molecule has 0 unspecified atom stereocenters. The smallest absolute Gasteiger partial charge is 0.228 e. The summed E-state index contributed by atoms with van der Waals surface area (Å²) in [5.41, 5.74) is 3.88. The fourth-order valence-corrected chi connectivity index (χ4v) is 3.66. The van der Waals surface area contributed by atoms with Crippen LogP contribution in [0.1, 0.15) is 37.4 Å². The number of nitrogens with one attached hydrogen (secondary N) is 1. The number of benzene rings is 2. The molecule has 0 saturated carbocycles. The van der Waals surface area contributed by atoms with Gasteiger partial charge < -0.3 is 14.3 Å². The summed E-state index contributed by atoms with van der Waals surface area (Å²) in [5, 5.41) is 8.51. The molecule has 0 spiro atoms. The molecular formula is C23H22ClN3O3. The minimum Gasteiger partial charge on any atom is -0.441 e. The third-order valence-corrected chi connectivity index (χ3v) is 5.15. The van der Waals surface area contributed by atoms with Crippen LogP contribution in [0, 0.1) is 0 Å². The average molecular weight is 424 g/mol. The van der Waals surface area contributed by atoms with Crippen molar-refractivity contribution in [3.8, 4) is 11.5 Å². The van der Waals surface area contributed by atoms with Gasteiger partial charge in [0.25, 0.3) is 0 Å². The zero-order valence-corrected chi connectivity index (χ0v) is 17.6. The number of fused-ring (bicyclic) bond motifs is 1. The third-order valence-electron chi connectivity index (χ3n) is 4.83. The number of oxazole rings is 1. The van der Waals surface area contributed by atoms with E-state index in [4.69, 9.17) is 25.5 Å². The average Bonchev–Trinajstić information content (AvgIpc) is 3.30. The van der Waals surface area contributed by atoms with Crippen molar-refractivity contribution in [2.45, 2.75) is 39.5 Å². The van der Waals surface area contributed by atoms with Crippen molar-refractivity contribution in [3.63, 3.8) is 0 Å². The molecule has 0 atom stereocenters. The Hall–Kier alpha value is -3.12. The SMILES string of the molecule is CCCc1oc(-c2ccccc2Cl)nc1CCc1noc2cc(NC(C)=O)ccc12. The summed E-state index contributed by atoms with van der Waals surface area (Å²) in [6.07, 6.45) is 3.12. The van der Waals surface area contributed by atoms with E-state index in [9.17, 15) is 4.79 Å². The fraction of sp³-hybridized carbons (Fsp3) is 0.261. The van der Waals surface area contributed by atoms with Crippen LogP contribution in [-0.4, -0.2) is 16.0 Å². The van der Waals surface area contributed by atoms with Crippen LogP contribution in [0.5, 0.6) is 0 Å². The number of amides is 1. The van der Waals surface area contributed by atoms with E-state index in [0.29, 0.717) is 35.0 Å². The molecule has 1 amide bonds. The maximum absolute atomic E-state index is 11.2. The predicted octanol–water partition coefficient (Wildman–Crippen LogP) is 5.83. The number of hydrogen-bond donors (Lipinski definition) is 1. The maximum atomic E-state index is 11.2. The quantitative estimate of drug-likeness (QED) is 0.404. The van der Waals surface area contributed by atoms with Crippen molar-refractivity contribution in [2.24, 2.45) is 0 Å². The number of anilines is 1. The zero-order chi connectivity index (χ0) is 21.1. The van der Waals surface area contributed by atoms with Gasteiger partial charge >= 0.3 is 0 Å². The predicted molar refractivity (Wildman–Crippen MR) is 117 cm³/mol. The van der Waals surface area contributed by atoms with E-state index < -0.39 is 0 Å². The number of nitrogens with zero attached hydrogens (tertiary/aromatic N) is 2. The lowest BCUT2D eigenvalue weighted by Gasteiger charge is -2.01. The molecule has 2 aromatic carbocycles. The third kappa shape index (κ3) is 4.24. The summed E-state index contributed by atoms with van der Waals surface area (Å²) < 4.78 is 11.5. The van der Waals surface area contributed by atoms with Crippen LogP contribution in [0.15, 0.2) is 51.4 Å². The summed E-state index contributed by atoms with van der Waals surface area (Å²) >= 11 is 6.32. The minimum absolute atomic E-state index is 0.127. The first kappa shape index (κ1) is 20.2. The summed E-state index contributed by atoms with van der Waals surface area (Å²) in [4.78, 5) is 16.0. The number of halogens is 1. The van der Waals surface area contributed by atoms with Crippen molar-refractivity contribution < 1.29 is 13.7 Å².